The van der Waals surface area contributed by atoms with Crippen LogP contribution in [0.5, 0.6) is 0 Å². The minimum atomic E-state index is -0.530. The molecule has 0 saturated carbocycles. The number of aromatic nitrogens is 1. The van der Waals surface area contributed by atoms with Crippen molar-refractivity contribution in [3.63, 3.8) is 0 Å². The fraction of sp³-hybridized carbons (Fsp3) is 0.0500. The molecule has 0 spiro atoms. The second-order valence-electron chi connectivity index (χ2n) is 5.51. The maximum absolute atomic E-state index is 13.1. The lowest BCUT2D eigenvalue weighted by molar-refractivity contribution is -0.115. The first-order valence-corrected chi connectivity index (χ1v) is 9.57. The molecule has 0 aliphatic rings. The van der Waals surface area contributed by atoms with Crippen LogP contribution in [-0.2, 0) is 4.79 Å². The zero-order chi connectivity index (χ0) is 19.4. The summed E-state index contributed by atoms with van der Waals surface area (Å²) < 4.78 is 3.03. The van der Waals surface area contributed by atoms with Gasteiger partial charge in [-0.2, -0.15) is 5.26 Å². The second-order valence-corrected chi connectivity index (χ2v) is 7.46. The predicted octanol–water partition coefficient (Wildman–Crippen LogP) is 1.91. The molecule has 0 aliphatic heterocycles. The molecule has 1 N–H and O–H groups in total. The second kappa shape index (κ2) is 8.16. The van der Waals surface area contributed by atoms with Crippen molar-refractivity contribution in [2.75, 3.05) is 7.05 Å². The maximum atomic E-state index is 13.1. The van der Waals surface area contributed by atoms with Crippen molar-refractivity contribution in [2.24, 2.45) is 0 Å². The normalized spacial score (nSPS) is 12.4. The van der Waals surface area contributed by atoms with Crippen molar-refractivity contribution in [3.8, 4) is 11.8 Å². The summed E-state index contributed by atoms with van der Waals surface area (Å²) in [6, 6.07) is 18.4. The number of hydrogen-bond donors (Lipinski definition) is 1. The number of nitriles is 1. The van der Waals surface area contributed by atoms with E-state index >= 15 is 0 Å². The molecule has 7 heteroatoms. The Morgan fingerprint density at radius 2 is 1.96 bits per heavy atom. The number of hydrogen-bond acceptors (Lipinski definition) is 4. The monoisotopic (exact) mass is 439 g/mol. The zero-order valence-electron chi connectivity index (χ0n) is 14.3. The van der Waals surface area contributed by atoms with Gasteiger partial charge in [-0.15, -0.1) is 11.3 Å². The summed E-state index contributed by atoms with van der Waals surface area (Å²) >= 11 is 4.53. The van der Waals surface area contributed by atoms with Crippen molar-refractivity contribution in [2.45, 2.75) is 0 Å². The molecule has 1 aromatic heterocycles. The van der Waals surface area contributed by atoms with Gasteiger partial charge in [0.25, 0.3) is 11.5 Å². The summed E-state index contributed by atoms with van der Waals surface area (Å²) in [6.45, 7) is 0. The van der Waals surface area contributed by atoms with Gasteiger partial charge < -0.3 is 5.32 Å². The smallest absolute Gasteiger partial charge is 0.273 e. The van der Waals surface area contributed by atoms with Gasteiger partial charge in [0.05, 0.1) is 10.2 Å². The van der Waals surface area contributed by atoms with Gasteiger partial charge in [-0.05, 0) is 35.9 Å². The highest BCUT2D eigenvalue weighted by atomic mass is 79.9. The molecule has 27 heavy (non-hydrogen) atoms. The lowest BCUT2D eigenvalue weighted by Crippen LogP contribution is -2.33. The van der Waals surface area contributed by atoms with E-state index in [1.54, 1.807) is 30.3 Å². The Hall–Kier alpha value is -2.95. The van der Waals surface area contributed by atoms with Crippen LogP contribution >= 0.6 is 27.3 Å². The largest absolute Gasteiger partial charge is 0.354 e. The first-order chi connectivity index (χ1) is 13.0. The molecule has 0 bridgehead atoms. The molecule has 1 amide bonds. The Kier molecular flexibility index (Phi) is 5.69. The molecule has 0 fully saturated rings. The van der Waals surface area contributed by atoms with Crippen molar-refractivity contribution >= 4 is 44.8 Å². The fourth-order valence-electron chi connectivity index (χ4n) is 2.53. The van der Waals surface area contributed by atoms with Crippen LogP contribution in [-0.4, -0.2) is 17.5 Å². The molecule has 0 unspecified atom stereocenters. The molecule has 134 valence electrons. The van der Waals surface area contributed by atoms with Crippen molar-refractivity contribution in [1.82, 2.24) is 9.88 Å². The fourth-order valence-corrected chi connectivity index (χ4v) is 4.05. The van der Waals surface area contributed by atoms with Gasteiger partial charge in [-0.3, -0.25) is 14.2 Å². The summed E-state index contributed by atoms with van der Waals surface area (Å²) in [6.07, 6.45) is 1.75. The van der Waals surface area contributed by atoms with E-state index in [2.05, 4.69) is 21.2 Å². The molecule has 0 aliphatic carbocycles. The summed E-state index contributed by atoms with van der Waals surface area (Å²) in [5.41, 5.74) is 1.06. The number of rotatable bonds is 3. The molecule has 0 radical (unpaired) electrons. The number of nitrogens with zero attached hydrogens (tertiary/aromatic N) is 2. The van der Waals surface area contributed by atoms with Crippen LogP contribution in [0.2, 0.25) is 0 Å². The first kappa shape index (κ1) is 18.8. The van der Waals surface area contributed by atoms with Crippen molar-refractivity contribution in [1.29, 1.82) is 5.26 Å². The van der Waals surface area contributed by atoms with E-state index in [0.29, 0.717) is 14.9 Å². The molecule has 3 rings (SSSR count). The highest BCUT2D eigenvalue weighted by Gasteiger charge is 2.15. The number of carbonyl (C=O) groups is 1. The van der Waals surface area contributed by atoms with Gasteiger partial charge >= 0.3 is 0 Å². The lowest BCUT2D eigenvalue weighted by Gasteiger charge is -2.02. The molecule has 3 aromatic rings. The Morgan fingerprint density at radius 3 is 2.59 bits per heavy atom. The van der Waals surface area contributed by atoms with Gasteiger partial charge in [0.15, 0.2) is 5.57 Å². The van der Waals surface area contributed by atoms with Crippen LogP contribution in [0.15, 0.2) is 63.9 Å². The van der Waals surface area contributed by atoms with Gasteiger partial charge in [0.1, 0.15) is 10.7 Å². The Bertz CT molecular complexity index is 1220. The number of thiazole rings is 1. The number of nitrogens with one attached hydrogen (secondary N) is 1. The topological polar surface area (TPSA) is 74.9 Å². The lowest BCUT2D eigenvalue weighted by atomic mass is 10.2. The van der Waals surface area contributed by atoms with E-state index in [1.807, 2.05) is 36.4 Å². The molecular weight excluding hydrogens is 426 g/mol. The molecule has 5 nitrogen and oxygen atoms in total. The van der Waals surface area contributed by atoms with E-state index in [-0.39, 0.29) is 11.1 Å². The van der Waals surface area contributed by atoms with Crippen LogP contribution in [0.3, 0.4) is 0 Å². The van der Waals surface area contributed by atoms with Gasteiger partial charge in [-0.25, -0.2) is 0 Å². The highest BCUT2D eigenvalue weighted by molar-refractivity contribution is 9.10. The SMILES string of the molecule is CNC(=O)/C(C#N)=c1\s/c(=C/c2cccc(Br)c2)c(=O)n1-c1ccccc1. The molecule has 1 heterocycles. The van der Waals surface area contributed by atoms with Gasteiger partial charge in [0, 0.05) is 11.5 Å². The average molecular weight is 440 g/mol. The highest BCUT2D eigenvalue weighted by Crippen LogP contribution is 2.12. The van der Waals surface area contributed by atoms with Crippen LogP contribution in [0.1, 0.15) is 5.56 Å². The molecular formula is C20H14BrN3O2S. The van der Waals surface area contributed by atoms with Crippen LogP contribution < -0.4 is 20.1 Å². The van der Waals surface area contributed by atoms with E-state index in [1.165, 1.54) is 11.6 Å². The summed E-state index contributed by atoms with van der Waals surface area (Å²) in [5.74, 6) is -0.530. The number of benzene rings is 2. The first-order valence-electron chi connectivity index (χ1n) is 7.96. The van der Waals surface area contributed by atoms with Gasteiger partial charge in [-0.1, -0.05) is 46.3 Å². The Morgan fingerprint density at radius 1 is 1.22 bits per heavy atom. The predicted molar refractivity (Wildman–Crippen MR) is 110 cm³/mol. The molecule has 2 aromatic carbocycles. The van der Waals surface area contributed by atoms with E-state index in [9.17, 15) is 14.9 Å². The number of amides is 1. The standard InChI is InChI=1S/C20H14BrN3O2S/c1-23-18(25)16(12-22)20-24(15-8-3-2-4-9-15)19(26)17(27-20)11-13-6-5-7-14(21)10-13/h2-11H,1H3,(H,23,25)/b17-11+,20-16-. The van der Waals surface area contributed by atoms with E-state index in [0.717, 1.165) is 21.4 Å². The van der Waals surface area contributed by atoms with Crippen molar-refractivity contribution in [3.05, 3.63) is 84.2 Å². The summed E-state index contributed by atoms with van der Waals surface area (Å²) in [5, 5.41) is 12.0. The van der Waals surface area contributed by atoms with Crippen molar-refractivity contribution < 1.29 is 4.79 Å². The number of carbonyl (C=O) groups excluding carboxylic acids is 1. The third-order valence-electron chi connectivity index (χ3n) is 3.76. The van der Waals surface area contributed by atoms with Crippen LogP contribution in [0.25, 0.3) is 17.3 Å². The minimum Gasteiger partial charge on any atom is -0.354 e. The van der Waals surface area contributed by atoms with Crippen LogP contribution in [0, 0.1) is 11.3 Å². The van der Waals surface area contributed by atoms with Gasteiger partial charge in [0.2, 0.25) is 0 Å². The molecule has 0 atom stereocenters. The molecule has 0 saturated heterocycles. The number of para-hydroxylation sites is 1. The van der Waals surface area contributed by atoms with Crippen LogP contribution in [0.4, 0.5) is 0 Å². The summed E-state index contributed by atoms with van der Waals surface area (Å²) in [4.78, 5) is 25.2. The Labute approximate surface area is 167 Å². The van der Waals surface area contributed by atoms with E-state index in [4.69, 9.17) is 0 Å². The maximum Gasteiger partial charge on any atom is 0.273 e. The minimum absolute atomic E-state index is 0.0997. The quantitative estimate of drug-likeness (QED) is 0.677. The third kappa shape index (κ3) is 3.92. The average Bonchev–Trinajstić information content (AvgIpc) is 2.99. The van der Waals surface area contributed by atoms with E-state index < -0.39 is 5.91 Å². The Balaban J connectivity index is 2.41. The zero-order valence-corrected chi connectivity index (χ0v) is 16.7. The summed E-state index contributed by atoms with van der Waals surface area (Å²) in [7, 11) is 1.45. The third-order valence-corrected chi connectivity index (χ3v) is 5.35. The number of halogens is 1.